The summed E-state index contributed by atoms with van der Waals surface area (Å²) in [5.74, 6) is -0.417. The average Bonchev–Trinajstić information content (AvgIpc) is 2.91. The van der Waals surface area contributed by atoms with Crippen LogP contribution in [0.25, 0.3) is 0 Å². The lowest BCUT2D eigenvalue weighted by Crippen LogP contribution is -2.40. The second kappa shape index (κ2) is 10.3. The van der Waals surface area contributed by atoms with Gasteiger partial charge in [-0.2, -0.15) is 0 Å². The Morgan fingerprint density at radius 3 is 2.10 bits per heavy atom. The lowest BCUT2D eigenvalue weighted by molar-refractivity contribution is -0.187. The largest absolute Gasteiger partial charge is 0.347 e. The second-order valence-corrected chi connectivity index (χ2v) is 6.39. The number of ether oxygens (including phenoxy) is 2. The van der Waals surface area contributed by atoms with E-state index in [9.17, 15) is 4.79 Å². The zero-order valence-electron chi connectivity index (χ0n) is 14.3. The molecule has 1 saturated heterocycles. The zero-order chi connectivity index (χ0) is 15.6. The van der Waals surface area contributed by atoms with Crippen LogP contribution in [-0.4, -0.2) is 24.8 Å². The standard InChI is InChI=1S/C18H34O3/c1-4-6-8-10-12-16(18(3)20-14-15-21-18)17(19)13-11-9-7-5-2/h16H,4-15H2,1-3H3. The molecule has 21 heavy (non-hydrogen) atoms. The molecule has 0 amide bonds. The summed E-state index contributed by atoms with van der Waals surface area (Å²) < 4.78 is 11.5. The van der Waals surface area contributed by atoms with Crippen molar-refractivity contribution in [1.82, 2.24) is 0 Å². The molecule has 0 bridgehead atoms. The van der Waals surface area contributed by atoms with Gasteiger partial charge >= 0.3 is 0 Å². The van der Waals surface area contributed by atoms with Crippen molar-refractivity contribution in [1.29, 1.82) is 0 Å². The van der Waals surface area contributed by atoms with Crippen molar-refractivity contribution in [3.05, 3.63) is 0 Å². The molecule has 1 fully saturated rings. The highest BCUT2D eigenvalue weighted by molar-refractivity contribution is 5.81. The van der Waals surface area contributed by atoms with E-state index in [4.69, 9.17) is 9.47 Å². The molecule has 124 valence electrons. The van der Waals surface area contributed by atoms with E-state index < -0.39 is 5.79 Å². The Bertz CT molecular complexity index is 282. The monoisotopic (exact) mass is 298 g/mol. The molecule has 0 radical (unpaired) electrons. The Labute approximate surface area is 130 Å². The van der Waals surface area contributed by atoms with Crippen LogP contribution in [0.15, 0.2) is 0 Å². The van der Waals surface area contributed by atoms with Crippen molar-refractivity contribution < 1.29 is 14.3 Å². The first-order chi connectivity index (χ1) is 10.1. The van der Waals surface area contributed by atoms with E-state index in [1.807, 2.05) is 6.92 Å². The number of hydrogen-bond acceptors (Lipinski definition) is 3. The van der Waals surface area contributed by atoms with Crippen LogP contribution in [0.3, 0.4) is 0 Å². The number of unbranched alkanes of at least 4 members (excludes halogenated alkanes) is 6. The molecular weight excluding hydrogens is 264 g/mol. The average molecular weight is 298 g/mol. The lowest BCUT2D eigenvalue weighted by atomic mass is 9.86. The number of Topliss-reactive ketones (excluding diaryl/α,β-unsaturated/α-hetero) is 1. The maximum atomic E-state index is 12.6. The molecule has 1 heterocycles. The Balaban J connectivity index is 2.48. The van der Waals surface area contributed by atoms with Crippen molar-refractivity contribution in [2.24, 2.45) is 5.92 Å². The number of carbonyl (C=O) groups excluding carboxylic acids is 1. The van der Waals surface area contributed by atoms with Gasteiger partial charge in [-0.15, -0.1) is 0 Å². The molecule has 0 spiro atoms. The molecule has 1 rings (SSSR count). The molecule has 1 unspecified atom stereocenters. The van der Waals surface area contributed by atoms with E-state index in [0.29, 0.717) is 25.4 Å². The molecule has 0 aromatic carbocycles. The van der Waals surface area contributed by atoms with Crippen LogP contribution in [0.4, 0.5) is 0 Å². The highest BCUT2D eigenvalue weighted by atomic mass is 16.7. The Morgan fingerprint density at radius 1 is 0.952 bits per heavy atom. The fraction of sp³-hybridized carbons (Fsp3) is 0.944. The van der Waals surface area contributed by atoms with Gasteiger partial charge in [0.1, 0.15) is 5.78 Å². The molecule has 0 aliphatic carbocycles. The van der Waals surface area contributed by atoms with Crippen LogP contribution in [0.1, 0.15) is 85.0 Å². The van der Waals surface area contributed by atoms with Gasteiger partial charge in [0.15, 0.2) is 5.79 Å². The van der Waals surface area contributed by atoms with E-state index in [1.54, 1.807) is 0 Å². The van der Waals surface area contributed by atoms with Gasteiger partial charge in [-0.25, -0.2) is 0 Å². The molecule has 1 aliphatic heterocycles. The number of hydrogen-bond donors (Lipinski definition) is 0. The van der Waals surface area contributed by atoms with Gasteiger partial charge in [0.25, 0.3) is 0 Å². The summed E-state index contributed by atoms with van der Waals surface area (Å²) in [5, 5.41) is 0. The lowest BCUT2D eigenvalue weighted by Gasteiger charge is -2.31. The summed E-state index contributed by atoms with van der Waals surface area (Å²) in [6.07, 6.45) is 10.9. The van der Waals surface area contributed by atoms with Crippen LogP contribution < -0.4 is 0 Å². The van der Waals surface area contributed by atoms with Gasteiger partial charge in [0, 0.05) is 6.42 Å². The third kappa shape index (κ3) is 6.48. The molecule has 3 heteroatoms. The van der Waals surface area contributed by atoms with Crippen LogP contribution >= 0.6 is 0 Å². The molecule has 0 N–H and O–H groups in total. The third-order valence-electron chi connectivity index (χ3n) is 4.51. The number of ketones is 1. The maximum Gasteiger partial charge on any atom is 0.175 e. The molecule has 0 saturated carbocycles. The minimum atomic E-state index is -0.673. The van der Waals surface area contributed by atoms with Gasteiger partial charge in [-0.1, -0.05) is 58.8 Å². The predicted molar refractivity (Wildman–Crippen MR) is 86.3 cm³/mol. The van der Waals surface area contributed by atoms with Gasteiger partial charge in [-0.3, -0.25) is 4.79 Å². The summed E-state index contributed by atoms with van der Waals surface area (Å²) >= 11 is 0. The number of rotatable bonds is 12. The van der Waals surface area contributed by atoms with E-state index in [2.05, 4.69) is 13.8 Å². The van der Waals surface area contributed by atoms with Gasteiger partial charge < -0.3 is 9.47 Å². The fourth-order valence-electron chi connectivity index (χ4n) is 3.12. The van der Waals surface area contributed by atoms with Crippen LogP contribution in [0, 0.1) is 5.92 Å². The van der Waals surface area contributed by atoms with E-state index in [1.165, 1.54) is 32.1 Å². The molecule has 0 aromatic heterocycles. The van der Waals surface area contributed by atoms with E-state index >= 15 is 0 Å². The van der Waals surface area contributed by atoms with Crippen LogP contribution in [0.2, 0.25) is 0 Å². The Morgan fingerprint density at radius 2 is 1.52 bits per heavy atom. The predicted octanol–water partition coefficient (Wildman–Crippen LogP) is 4.88. The SMILES string of the molecule is CCCCCCC(=O)C(CCCCCC)C1(C)OCCO1. The van der Waals surface area contributed by atoms with Gasteiger partial charge in [0.05, 0.1) is 19.1 Å². The van der Waals surface area contributed by atoms with E-state index in [-0.39, 0.29) is 5.92 Å². The molecule has 1 atom stereocenters. The van der Waals surface area contributed by atoms with Crippen LogP contribution in [-0.2, 0) is 14.3 Å². The topological polar surface area (TPSA) is 35.5 Å². The van der Waals surface area contributed by atoms with Crippen molar-refractivity contribution in [2.45, 2.75) is 90.8 Å². The van der Waals surface area contributed by atoms with E-state index in [0.717, 1.165) is 25.7 Å². The van der Waals surface area contributed by atoms with Crippen molar-refractivity contribution in [3.63, 3.8) is 0 Å². The molecular formula is C18H34O3. The maximum absolute atomic E-state index is 12.6. The first kappa shape index (κ1) is 18.6. The highest BCUT2D eigenvalue weighted by Crippen LogP contribution is 2.33. The Kier molecular flexibility index (Phi) is 9.18. The molecule has 3 nitrogen and oxygen atoms in total. The third-order valence-corrected chi connectivity index (χ3v) is 4.51. The summed E-state index contributed by atoms with van der Waals surface area (Å²) in [5.41, 5.74) is 0. The number of carbonyl (C=O) groups is 1. The first-order valence-electron chi connectivity index (χ1n) is 8.94. The minimum Gasteiger partial charge on any atom is -0.347 e. The summed E-state index contributed by atoms with van der Waals surface area (Å²) in [6, 6.07) is 0. The first-order valence-corrected chi connectivity index (χ1v) is 8.94. The van der Waals surface area contributed by atoms with Crippen molar-refractivity contribution >= 4 is 5.78 Å². The second-order valence-electron chi connectivity index (χ2n) is 6.39. The van der Waals surface area contributed by atoms with Crippen LogP contribution in [0.5, 0.6) is 0 Å². The Hall–Kier alpha value is -0.410. The van der Waals surface area contributed by atoms with Gasteiger partial charge in [0.2, 0.25) is 0 Å². The smallest absolute Gasteiger partial charge is 0.175 e. The van der Waals surface area contributed by atoms with Gasteiger partial charge in [-0.05, 0) is 19.8 Å². The normalized spacial score (nSPS) is 18.8. The minimum absolute atomic E-state index is 0.0847. The quantitative estimate of drug-likeness (QED) is 0.482. The summed E-state index contributed by atoms with van der Waals surface area (Å²) in [4.78, 5) is 12.6. The zero-order valence-corrected chi connectivity index (χ0v) is 14.3. The summed E-state index contributed by atoms with van der Waals surface area (Å²) in [6.45, 7) is 7.59. The fourth-order valence-corrected chi connectivity index (χ4v) is 3.12. The molecule has 1 aliphatic rings. The summed E-state index contributed by atoms with van der Waals surface area (Å²) in [7, 11) is 0. The van der Waals surface area contributed by atoms with Crippen molar-refractivity contribution in [3.8, 4) is 0 Å². The highest BCUT2D eigenvalue weighted by Gasteiger charge is 2.42. The van der Waals surface area contributed by atoms with Crippen molar-refractivity contribution in [2.75, 3.05) is 13.2 Å². The molecule has 0 aromatic rings.